The van der Waals surface area contributed by atoms with Gasteiger partial charge in [0.2, 0.25) is 0 Å². The molecule has 2 N–H and O–H groups in total. The van der Waals surface area contributed by atoms with Crippen molar-refractivity contribution < 1.29 is 9.18 Å². The molecule has 0 aliphatic heterocycles. The fourth-order valence-electron chi connectivity index (χ4n) is 1.24. The van der Waals surface area contributed by atoms with Crippen LogP contribution in [0, 0.1) is 5.82 Å². The van der Waals surface area contributed by atoms with Crippen molar-refractivity contribution >= 4 is 5.78 Å². The van der Waals surface area contributed by atoms with Gasteiger partial charge in [-0.3, -0.25) is 0 Å². The maximum Gasteiger partial charge on any atom is 0.129 e. The minimum atomic E-state index is -0.271. The Morgan fingerprint density at radius 3 is 2.50 bits per heavy atom. The van der Waals surface area contributed by atoms with E-state index in [2.05, 4.69) is 0 Å². The average Bonchev–Trinajstić information content (AvgIpc) is 2.15. The highest BCUT2D eigenvalue weighted by atomic mass is 19.1. The summed E-state index contributed by atoms with van der Waals surface area (Å²) in [6, 6.07) is 5.88. The number of benzene rings is 1. The standard InChI is InChI=1S/C11H14FNO/c1-8(14)2-7-11(13)9-3-5-10(12)6-4-9/h3-6,11H,2,7,13H2,1H3. The van der Waals surface area contributed by atoms with Gasteiger partial charge in [0.05, 0.1) is 0 Å². The van der Waals surface area contributed by atoms with Crippen LogP contribution in [-0.4, -0.2) is 5.78 Å². The molecule has 2 nitrogen and oxygen atoms in total. The summed E-state index contributed by atoms with van der Waals surface area (Å²) in [6.45, 7) is 1.54. The van der Waals surface area contributed by atoms with E-state index < -0.39 is 0 Å². The molecule has 76 valence electrons. The number of hydrogen-bond acceptors (Lipinski definition) is 2. The smallest absolute Gasteiger partial charge is 0.129 e. The molecule has 0 radical (unpaired) electrons. The summed E-state index contributed by atoms with van der Waals surface area (Å²) in [4.78, 5) is 10.7. The summed E-state index contributed by atoms with van der Waals surface area (Å²) in [6.07, 6.45) is 1.08. The summed E-state index contributed by atoms with van der Waals surface area (Å²) in [7, 11) is 0. The summed E-state index contributed by atoms with van der Waals surface area (Å²) >= 11 is 0. The Morgan fingerprint density at radius 2 is 2.00 bits per heavy atom. The van der Waals surface area contributed by atoms with Crippen LogP contribution in [0.15, 0.2) is 24.3 Å². The molecular formula is C11H14FNO. The zero-order valence-corrected chi connectivity index (χ0v) is 8.16. The molecule has 0 aromatic heterocycles. The molecule has 0 saturated carbocycles. The van der Waals surface area contributed by atoms with E-state index >= 15 is 0 Å². The van der Waals surface area contributed by atoms with Gasteiger partial charge in [-0.05, 0) is 31.0 Å². The molecule has 1 aromatic carbocycles. The van der Waals surface area contributed by atoms with Gasteiger partial charge in [-0.1, -0.05) is 12.1 Å². The number of hydrogen-bond donors (Lipinski definition) is 1. The Kier molecular flexibility index (Phi) is 3.77. The van der Waals surface area contributed by atoms with Crippen molar-refractivity contribution in [3.8, 4) is 0 Å². The summed E-state index contributed by atoms with van der Waals surface area (Å²) < 4.78 is 12.6. The fourth-order valence-corrected chi connectivity index (χ4v) is 1.24. The first-order valence-corrected chi connectivity index (χ1v) is 4.60. The van der Waals surface area contributed by atoms with E-state index in [4.69, 9.17) is 5.73 Å². The molecule has 1 atom stereocenters. The Morgan fingerprint density at radius 1 is 1.43 bits per heavy atom. The Labute approximate surface area is 82.9 Å². The van der Waals surface area contributed by atoms with Gasteiger partial charge in [-0.2, -0.15) is 0 Å². The molecule has 0 amide bonds. The molecule has 14 heavy (non-hydrogen) atoms. The summed E-state index contributed by atoms with van der Waals surface area (Å²) in [5.74, 6) is -0.143. The number of Topliss-reactive ketones (excluding diaryl/α,β-unsaturated/α-hetero) is 1. The first-order valence-electron chi connectivity index (χ1n) is 4.60. The molecule has 0 fully saturated rings. The van der Waals surface area contributed by atoms with Crippen LogP contribution in [-0.2, 0) is 4.79 Å². The first-order chi connectivity index (χ1) is 6.59. The Hall–Kier alpha value is -1.22. The topological polar surface area (TPSA) is 43.1 Å². The molecule has 3 heteroatoms. The van der Waals surface area contributed by atoms with Crippen LogP contribution in [0.25, 0.3) is 0 Å². The lowest BCUT2D eigenvalue weighted by Crippen LogP contribution is -2.11. The van der Waals surface area contributed by atoms with E-state index in [9.17, 15) is 9.18 Å². The van der Waals surface area contributed by atoms with Gasteiger partial charge in [0.15, 0.2) is 0 Å². The van der Waals surface area contributed by atoms with Crippen LogP contribution in [0.5, 0.6) is 0 Å². The highest BCUT2D eigenvalue weighted by Gasteiger charge is 2.06. The Bertz CT molecular complexity index is 308. The van der Waals surface area contributed by atoms with Gasteiger partial charge < -0.3 is 10.5 Å². The largest absolute Gasteiger partial charge is 0.324 e. The third-order valence-electron chi connectivity index (χ3n) is 2.11. The van der Waals surface area contributed by atoms with Crippen molar-refractivity contribution in [1.82, 2.24) is 0 Å². The minimum absolute atomic E-state index is 0.127. The molecule has 1 rings (SSSR count). The fraction of sp³-hybridized carbons (Fsp3) is 0.364. The third kappa shape index (κ3) is 3.26. The first kappa shape index (κ1) is 10.9. The molecule has 1 aromatic rings. The lowest BCUT2D eigenvalue weighted by molar-refractivity contribution is -0.117. The van der Waals surface area contributed by atoms with Crippen LogP contribution in [0.1, 0.15) is 31.4 Å². The van der Waals surface area contributed by atoms with Crippen molar-refractivity contribution in [3.63, 3.8) is 0 Å². The highest BCUT2D eigenvalue weighted by Crippen LogP contribution is 2.15. The van der Waals surface area contributed by atoms with Gasteiger partial charge in [0.1, 0.15) is 11.6 Å². The normalized spacial score (nSPS) is 12.5. The number of nitrogens with two attached hydrogens (primary N) is 1. The molecule has 0 aliphatic rings. The molecule has 0 bridgehead atoms. The SMILES string of the molecule is CC(=O)CCC(N)c1ccc(F)cc1. The lowest BCUT2D eigenvalue weighted by Gasteiger charge is -2.10. The zero-order chi connectivity index (χ0) is 10.6. The lowest BCUT2D eigenvalue weighted by atomic mass is 10.0. The number of rotatable bonds is 4. The molecular weight excluding hydrogens is 181 g/mol. The quantitative estimate of drug-likeness (QED) is 0.800. The molecule has 0 heterocycles. The second-order valence-electron chi connectivity index (χ2n) is 3.40. The molecule has 0 aliphatic carbocycles. The maximum atomic E-state index is 12.6. The predicted molar refractivity (Wildman–Crippen MR) is 53.2 cm³/mol. The van der Waals surface area contributed by atoms with Crippen LogP contribution >= 0.6 is 0 Å². The van der Waals surface area contributed by atoms with Crippen LogP contribution < -0.4 is 5.73 Å². The van der Waals surface area contributed by atoms with Crippen molar-refractivity contribution in [3.05, 3.63) is 35.6 Å². The molecule has 1 unspecified atom stereocenters. The third-order valence-corrected chi connectivity index (χ3v) is 2.11. The highest BCUT2D eigenvalue weighted by molar-refractivity contribution is 5.75. The van der Waals surface area contributed by atoms with E-state index in [1.54, 1.807) is 12.1 Å². The molecule has 0 saturated heterocycles. The maximum absolute atomic E-state index is 12.6. The van der Waals surface area contributed by atoms with E-state index in [0.717, 1.165) is 5.56 Å². The van der Waals surface area contributed by atoms with Gasteiger partial charge in [0, 0.05) is 12.5 Å². The van der Waals surface area contributed by atoms with Gasteiger partial charge in [0.25, 0.3) is 0 Å². The monoisotopic (exact) mass is 195 g/mol. The van der Waals surface area contributed by atoms with Crippen molar-refractivity contribution in [2.45, 2.75) is 25.8 Å². The number of carbonyl (C=O) groups is 1. The number of ketones is 1. The van der Waals surface area contributed by atoms with Crippen molar-refractivity contribution in [2.24, 2.45) is 5.73 Å². The second-order valence-corrected chi connectivity index (χ2v) is 3.40. The average molecular weight is 195 g/mol. The van der Waals surface area contributed by atoms with E-state index in [0.29, 0.717) is 12.8 Å². The summed E-state index contributed by atoms with van der Waals surface area (Å²) in [5, 5.41) is 0. The number of halogens is 1. The van der Waals surface area contributed by atoms with Crippen LogP contribution in [0.4, 0.5) is 4.39 Å². The van der Waals surface area contributed by atoms with Crippen molar-refractivity contribution in [2.75, 3.05) is 0 Å². The predicted octanol–water partition coefficient (Wildman–Crippen LogP) is 2.19. The molecule has 0 spiro atoms. The van der Waals surface area contributed by atoms with Crippen LogP contribution in [0.3, 0.4) is 0 Å². The Balaban J connectivity index is 2.56. The van der Waals surface area contributed by atoms with E-state index in [-0.39, 0.29) is 17.6 Å². The van der Waals surface area contributed by atoms with E-state index in [1.165, 1.54) is 19.1 Å². The summed E-state index contributed by atoms with van der Waals surface area (Å²) in [5.41, 5.74) is 6.69. The van der Waals surface area contributed by atoms with Gasteiger partial charge in [-0.25, -0.2) is 4.39 Å². The second kappa shape index (κ2) is 4.86. The van der Waals surface area contributed by atoms with Crippen molar-refractivity contribution in [1.29, 1.82) is 0 Å². The van der Waals surface area contributed by atoms with Gasteiger partial charge in [-0.15, -0.1) is 0 Å². The van der Waals surface area contributed by atoms with Gasteiger partial charge >= 0.3 is 0 Å². The van der Waals surface area contributed by atoms with E-state index in [1.807, 2.05) is 0 Å². The zero-order valence-electron chi connectivity index (χ0n) is 8.16. The van der Waals surface area contributed by atoms with Crippen LogP contribution in [0.2, 0.25) is 0 Å². The number of carbonyl (C=O) groups excluding carboxylic acids is 1. The minimum Gasteiger partial charge on any atom is -0.324 e.